The lowest BCUT2D eigenvalue weighted by Crippen LogP contribution is -2.70. The van der Waals surface area contributed by atoms with E-state index in [0.717, 1.165) is 16.3 Å². The monoisotopic (exact) mass is 795 g/mol. The number of benzene rings is 2. The number of aromatic nitrogens is 1. The number of ether oxygens (including phenoxy) is 1. The third kappa shape index (κ3) is 6.39. The van der Waals surface area contributed by atoms with E-state index in [1.807, 2.05) is 65.8 Å². The number of para-hydroxylation sites is 1. The molecule has 8 unspecified atom stereocenters. The summed E-state index contributed by atoms with van der Waals surface area (Å²) in [5, 5.41) is 31.9. The average Bonchev–Trinajstić information content (AvgIpc) is 3.59. The molecule has 0 saturated heterocycles. The number of carbonyl (C=O) groups is 4. The number of allylic oxidation sites excluding steroid dienone is 5. The van der Waals surface area contributed by atoms with Gasteiger partial charge >= 0.3 is 0 Å². The first-order chi connectivity index (χ1) is 27.1. The van der Waals surface area contributed by atoms with Gasteiger partial charge in [-0.15, -0.1) is 0 Å². The molecule has 3 fully saturated rings. The zero-order valence-corrected chi connectivity index (χ0v) is 34.8. The molecule has 11 heteroatoms. The molecule has 0 aliphatic heterocycles. The highest BCUT2D eigenvalue weighted by Crippen LogP contribution is 2.70. The van der Waals surface area contributed by atoms with Gasteiger partial charge in [0.2, 0.25) is 0 Å². The number of halogens is 1. The minimum absolute atomic E-state index is 0.0897. The van der Waals surface area contributed by atoms with Crippen molar-refractivity contribution in [3.63, 3.8) is 0 Å². The van der Waals surface area contributed by atoms with Gasteiger partial charge in [0.25, 0.3) is 17.7 Å². The molecule has 1 heterocycles. The fraction of sp³-hybridized carbons (Fsp3) is 0.532. The van der Waals surface area contributed by atoms with Gasteiger partial charge in [0.05, 0.1) is 22.7 Å². The molecule has 2 amide bonds. The van der Waals surface area contributed by atoms with Crippen molar-refractivity contribution in [2.45, 2.75) is 116 Å². The number of ketones is 1. The molecule has 310 valence electrons. The summed E-state index contributed by atoms with van der Waals surface area (Å²) in [6.45, 7) is 17.3. The molecule has 2 aromatic carbocycles. The number of carbonyl (C=O) groups excluding carboxylic acids is 4. The Labute approximate surface area is 340 Å². The maximum atomic E-state index is 17.6. The molecule has 1 aromatic heterocycles. The second-order valence-electron chi connectivity index (χ2n) is 19.0. The van der Waals surface area contributed by atoms with Gasteiger partial charge in [0.1, 0.15) is 0 Å². The van der Waals surface area contributed by atoms with E-state index in [0.29, 0.717) is 61.9 Å². The van der Waals surface area contributed by atoms with Crippen molar-refractivity contribution in [1.82, 2.24) is 15.2 Å². The predicted octanol–water partition coefficient (Wildman–Crippen LogP) is 7.17. The van der Waals surface area contributed by atoms with Gasteiger partial charge in [0.15, 0.2) is 17.1 Å². The maximum Gasteiger partial charge on any atom is 0.254 e. The number of alkyl halides is 1. The first-order valence-corrected chi connectivity index (χ1v) is 20.6. The largest absolute Gasteiger partial charge is 0.390 e. The third-order valence-electron chi connectivity index (χ3n) is 14.6. The lowest BCUT2D eigenvalue weighted by Gasteiger charge is -2.62. The Balaban J connectivity index is 0.952. The second-order valence-corrected chi connectivity index (χ2v) is 19.0. The van der Waals surface area contributed by atoms with Crippen LogP contribution in [0.1, 0.15) is 102 Å². The SMILES string of the molecule is C=CC(=O)n1c2ccccc2c2cc(C(=O)NCCC(C)(C)OCCC(C)(C)NC(=O)C3(O)C(C)CC4C5CCC6=CC(=O)C=CC6(C)C5(F)C(O)CC43C)ccc21. The minimum atomic E-state index is -2.04. The molecular weight excluding hydrogens is 738 g/mol. The van der Waals surface area contributed by atoms with Crippen molar-refractivity contribution < 1.29 is 38.5 Å². The van der Waals surface area contributed by atoms with Gasteiger partial charge < -0.3 is 25.6 Å². The zero-order valence-electron chi connectivity index (χ0n) is 34.8. The topological polar surface area (TPSA) is 147 Å². The van der Waals surface area contributed by atoms with Crippen molar-refractivity contribution in [1.29, 1.82) is 0 Å². The number of aliphatic hydroxyl groups is 2. The summed E-state index contributed by atoms with van der Waals surface area (Å²) in [6, 6.07) is 12.8. The first kappa shape index (κ1) is 41.7. The molecule has 0 bridgehead atoms. The zero-order chi connectivity index (χ0) is 42.2. The van der Waals surface area contributed by atoms with Gasteiger partial charge in [-0.3, -0.25) is 23.7 Å². The summed E-state index contributed by atoms with van der Waals surface area (Å²) in [7, 11) is 0. The van der Waals surface area contributed by atoms with Crippen molar-refractivity contribution >= 4 is 45.3 Å². The van der Waals surface area contributed by atoms with Crippen molar-refractivity contribution in [3.05, 3.63) is 84.5 Å². The standard InChI is InChI=1S/C47H58FN3O7/c1-9-39(54)51-36-13-11-10-12-32(36)33-25-29(14-17-37(33)51)40(55)49-22-20-43(5,6)58-23-21-42(3,4)50-41(56)47(57)28(2)24-35-34-16-15-30-26-31(52)18-19-44(30,7)46(34,48)38(53)27-45(35,47)8/h9-14,17-19,25-26,28,34-35,38,53,57H,1,15-16,20-24,27H2,2-8H3,(H,49,55)(H,50,56). The van der Waals surface area contributed by atoms with Gasteiger partial charge in [-0.1, -0.05) is 50.3 Å². The third-order valence-corrected chi connectivity index (χ3v) is 14.6. The fourth-order valence-electron chi connectivity index (χ4n) is 11.2. The quantitative estimate of drug-likeness (QED) is 0.151. The highest BCUT2D eigenvalue weighted by atomic mass is 19.1. The Morgan fingerprint density at radius 2 is 1.76 bits per heavy atom. The Morgan fingerprint density at radius 1 is 1.05 bits per heavy atom. The van der Waals surface area contributed by atoms with Crippen molar-refractivity contribution in [3.8, 4) is 0 Å². The Kier molecular flexibility index (Phi) is 10.3. The predicted molar refractivity (Wildman–Crippen MR) is 222 cm³/mol. The molecular formula is C47H58FN3O7. The number of aliphatic hydroxyl groups excluding tert-OH is 1. The smallest absolute Gasteiger partial charge is 0.254 e. The van der Waals surface area contributed by atoms with Crippen LogP contribution in [0.4, 0.5) is 4.39 Å². The second kappa shape index (κ2) is 14.4. The molecule has 0 radical (unpaired) electrons. The molecule has 4 aliphatic carbocycles. The van der Waals surface area contributed by atoms with Crippen LogP contribution in [0.2, 0.25) is 0 Å². The number of rotatable bonds is 11. The van der Waals surface area contributed by atoms with E-state index in [1.54, 1.807) is 35.8 Å². The van der Waals surface area contributed by atoms with Crippen LogP contribution in [-0.4, -0.2) is 80.0 Å². The van der Waals surface area contributed by atoms with Crippen LogP contribution >= 0.6 is 0 Å². The Hall–Kier alpha value is -4.45. The number of hydrogen-bond donors (Lipinski definition) is 4. The number of fused-ring (bicyclic) bond motifs is 8. The van der Waals surface area contributed by atoms with Crippen LogP contribution < -0.4 is 10.6 Å². The first-order valence-electron chi connectivity index (χ1n) is 20.6. The van der Waals surface area contributed by atoms with Crippen LogP contribution in [0.3, 0.4) is 0 Å². The maximum absolute atomic E-state index is 17.6. The number of amides is 2. The van der Waals surface area contributed by atoms with Gasteiger partial charge in [-0.2, -0.15) is 0 Å². The van der Waals surface area contributed by atoms with E-state index in [9.17, 15) is 29.4 Å². The number of hydrogen-bond acceptors (Lipinski definition) is 7. The lowest BCUT2D eigenvalue weighted by molar-refractivity contribution is -0.220. The van der Waals surface area contributed by atoms with Gasteiger partial charge in [0, 0.05) is 51.8 Å². The number of nitrogens with zero attached hydrogens (tertiary/aromatic N) is 1. The summed E-state index contributed by atoms with van der Waals surface area (Å²) in [5.74, 6) is -2.66. The molecule has 3 saturated carbocycles. The Morgan fingerprint density at radius 3 is 2.48 bits per heavy atom. The van der Waals surface area contributed by atoms with Crippen molar-refractivity contribution in [2.75, 3.05) is 13.2 Å². The van der Waals surface area contributed by atoms with Gasteiger partial charge in [-0.05, 0) is 127 Å². The van der Waals surface area contributed by atoms with E-state index < -0.39 is 57.1 Å². The minimum Gasteiger partial charge on any atom is -0.390 e. The fourth-order valence-corrected chi connectivity index (χ4v) is 11.2. The lowest BCUT2D eigenvalue weighted by atomic mass is 9.44. The molecule has 4 N–H and O–H groups in total. The van der Waals surface area contributed by atoms with Gasteiger partial charge in [-0.25, -0.2) is 4.39 Å². The highest BCUT2D eigenvalue weighted by molar-refractivity contribution is 6.16. The van der Waals surface area contributed by atoms with Crippen LogP contribution in [0.25, 0.3) is 21.8 Å². The highest BCUT2D eigenvalue weighted by Gasteiger charge is 2.76. The summed E-state index contributed by atoms with van der Waals surface area (Å²) >= 11 is 0. The normalized spacial score (nSPS) is 32.0. The molecule has 58 heavy (non-hydrogen) atoms. The molecule has 4 aliphatic rings. The van der Waals surface area contributed by atoms with Crippen LogP contribution in [0.15, 0.2) is 78.9 Å². The van der Waals surface area contributed by atoms with Crippen LogP contribution in [-0.2, 0) is 14.3 Å². The summed E-state index contributed by atoms with van der Waals surface area (Å²) in [4.78, 5) is 52.4. The molecule has 0 spiro atoms. The molecule has 3 aromatic rings. The summed E-state index contributed by atoms with van der Waals surface area (Å²) in [5.41, 5.74) is -4.91. The van der Waals surface area contributed by atoms with E-state index in [4.69, 9.17) is 4.74 Å². The number of nitrogens with one attached hydrogen (secondary N) is 2. The summed E-state index contributed by atoms with van der Waals surface area (Å²) < 4.78 is 25.5. The summed E-state index contributed by atoms with van der Waals surface area (Å²) in [6.07, 6.45) is 6.55. The van der Waals surface area contributed by atoms with E-state index >= 15 is 4.39 Å². The van der Waals surface area contributed by atoms with E-state index in [-0.39, 0.29) is 29.9 Å². The molecule has 8 atom stereocenters. The average molecular weight is 796 g/mol. The molecule has 7 rings (SSSR count). The van der Waals surface area contributed by atoms with Crippen LogP contribution in [0, 0.1) is 28.6 Å². The van der Waals surface area contributed by atoms with E-state index in [1.165, 1.54) is 18.2 Å². The molecule has 10 nitrogen and oxygen atoms in total. The van der Waals surface area contributed by atoms with Crippen molar-refractivity contribution in [2.24, 2.45) is 28.6 Å². The Bertz CT molecular complexity index is 2270. The van der Waals surface area contributed by atoms with E-state index in [2.05, 4.69) is 17.2 Å². The van der Waals surface area contributed by atoms with Crippen LogP contribution in [0.5, 0.6) is 0 Å².